The monoisotopic (exact) mass is 443 g/mol. The first-order valence-electron chi connectivity index (χ1n) is 9.04. The summed E-state index contributed by atoms with van der Waals surface area (Å²) in [6.07, 6.45) is 3.04. The van der Waals surface area contributed by atoms with Crippen LogP contribution in [-0.4, -0.2) is 21.9 Å². The van der Waals surface area contributed by atoms with Crippen molar-refractivity contribution in [3.05, 3.63) is 57.3 Å². The van der Waals surface area contributed by atoms with Crippen molar-refractivity contribution in [2.45, 2.75) is 44.6 Å². The van der Waals surface area contributed by atoms with Crippen molar-refractivity contribution in [1.29, 1.82) is 0 Å². The second-order valence-corrected chi connectivity index (χ2v) is 9.52. The van der Waals surface area contributed by atoms with E-state index in [9.17, 15) is 13.3 Å². The third-order valence-electron chi connectivity index (χ3n) is 4.07. The van der Waals surface area contributed by atoms with Crippen LogP contribution in [0.15, 0.2) is 30.3 Å². The first-order valence-corrected chi connectivity index (χ1v) is 11.4. The smallest absolute Gasteiger partial charge is 0.323 e. The Bertz CT molecular complexity index is 910. The zero-order valence-corrected chi connectivity index (χ0v) is 17.7. The minimum atomic E-state index is -4.53. The van der Waals surface area contributed by atoms with Crippen LogP contribution < -0.4 is 5.73 Å². The molecule has 1 heterocycles. The molecule has 0 aliphatic heterocycles. The van der Waals surface area contributed by atoms with Gasteiger partial charge in [-0.25, -0.2) is 13.3 Å². The number of rotatable bonds is 9. The van der Waals surface area contributed by atoms with Crippen LogP contribution in [0.5, 0.6) is 0 Å². The van der Waals surface area contributed by atoms with Crippen LogP contribution in [0.1, 0.15) is 41.5 Å². The highest BCUT2D eigenvalue weighted by atomic mass is 32.1. The molecule has 0 saturated heterocycles. The summed E-state index contributed by atoms with van der Waals surface area (Å²) in [6, 6.07) is 7.38. The lowest BCUT2D eigenvalue weighted by atomic mass is 9.98. The average molecular weight is 443 g/mol. The lowest BCUT2D eigenvalue weighted by Gasteiger charge is -2.24. The van der Waals surface area contributed by atoms with E-state index < -0.39 is 25.0 Å². The van der Waals surface area contributed by atoms with E-state index in [1.165, 1.54) is 23.5 Å². The number of unbranched alkanes of at least 4 members (excludes halogenated alkanes) is 1. The molecule has 0 aliphatic rings. The van der Waals surface area contributed by atoms with E-state index in [0.29, 0.717) is 37.7 Å². The van der Waals surface area contributed by atoms with E-state index in [2.05, 4.69) is 16.4 Å². The highest BCUT2D eigenvalue weighted by Crippen LogP contribution is 2.37. The Labute approximate surface area is 173 Å². The molecule has 0 fully saturated rings. The molecule has 0 bridgehead atoms. The molecule has 1 atom stereocenters. The largest absolute Gasteiger partial charge is 0.469 e. The maximum atomic E-state index is 13.1. The lowest BCUT2D eigenvalue weighted by Crippen LogP contribution is -2.41. The molecule has 1 aromatic carbocycles. The van der Waals surface area contributed by atoms with Gasteiger partial charge in [-0.1, -0.05) is 11.8 Å². The predicted octanol–water partition coefficient (Wildman–Crippen LogP) is 4.16. The number of halogens is 2. The zero-order valence-electron chi connectivity index (χ0n) is 16.0. The molecule has 5 nitrogen and oxygen atoms in total. The standard InChI is InChI=1S/C20H24F2NO4PS/c1-20(23,14-27-28(24,25)26)10-9-19-8-7-18(29-19)6-4-2-3-5-15-11-16(21)13-17(22)12-15/h7-8,11-13H,2-3,5,9-10,14,23H2,1H3,(H2,24,25,26). The highest BCUT2D eigenvalue weighted by Gasteiger charge is 2.24. The quantitative estimate of drug-likeness (QED) is 0.308. The molecule has 158 valence electrons. The third kappa shape index (κ3) is 9.64. The first-order chi connectivity index (χ1) is 13.5. The number of thiophene rings is 1. The summed E-state index contributed by atoms with van der Waals surface area (Å²) in [5, 5.41) is 0. The summed E-state index contributed by atoms with van der Waals surface area (Å²) in [5.74, 6) is 5.00. The number of phosphoric acid groups is 1. The maximum Gasteiger partial charge on any atom is 0.469 e. The number of hydrogen-bond donors (Lipinski definition) is 3. The van der Waals surface area contributed by atoms with Crippen LogP contribution in [-0.2, 0) is 21.9 Å². The molecule has 4 N–H and O–H groups in total. The molecule has 9 heteroatoms. The fraction of sp³-hybridized carbons (Fsp3) is 0.400. The van der Waals surface area contributed by atoms with Gasteiger partial charge in [-0.05, 0) is 62.4 Å². The molecule has 1 unspecified atom stereocenters. The van der Waals surface area contributed by atoms with Gasteiger partial charge in [-0.15, -0.1) is 11.3 Å². The molecule has 2 aromatic rings. The number of hydrogen-bond acceptors (Lipinski definition) is 4. The zero-order chi connectivity index (χ0) is 21.5. The summed E-state index contributed by atoms with van der Waals surface area (Å²) < 4.78 is 41.6. The van der Waals surface area contributed by atoms with Gasteiger partial charge in [0.25, 0.3) is 0 Å². The highest BCUT2D eigenvalue weighted by molar-refractivity contribution is 7.46. The maximum absolute atomic E-state index is 13.1. The van der Waals surface area contributed by atoms with Gasteiger partial charge in [0.05, 0.1) is 11.5 Å². The van der Waals surface area contributed by atoms with Crippen molar-refractivity contribution in [2.24, 2.45) is 5.73 Å². The van der Waals surface area contributed by atoms with Gasteiger partial charge in [0.1, 0.15) is 11.6 Å². The van der Waals surface area contributed by atoms with Gasteiger partial charge in [-0.2, -0.15) is 0 Å². The molecule has 2 rings (SSSR count). The molecule has 0 saturated carbocycles. The molecular formula is C20H24F2NO4PS. The number of aryl methyl sites for hydroxylation is 2. The van der Waals surface area contributed by atoms with E-state index in [0.717, 1.165) is 15.8 Å². The van der Waals surface area contributed by atoms with Crippen molar-refractivity contribution in [3.63, 3.8) is 0 Å². The Kier molecular flexibility index (Phi) is 8.53. The Balaban J connectivity index is 1.76. The van der Waals surface area contributed by atoms with E-state index in [4.69, 9.17) is 15.5 Å². The van der Waals surface area contributed by atoms with Crippen LogP contribution in [0.2, 0.25) is 0 Å². The Morgan fingerprint density at radius 3 is 2.55 bits per heavy atom. The molecule has 29 heavy (non-hydrogen) atoms. The number of benzene rings is 1. The minimum absolute atomic E-state index is 0.232. The first kappa shape index (κ1) is 23.7. The van der Waals surface area contributed by atoms with Crippen molar-refractivity contribution >= 4 is 19.2 Å². The third-order valence-corrected chi connectivity index (χ3v) is 5.59. The van der Waals surface area contributed by atoms with Crippen LogP contribution in [0.3, 0.4) is 0 Å². The summed E-state index contributed by atoms with van der Waals surface area (Å²) in [4.78, 5) is 19.5. The Hall–Kier alpha value is -1.59. The Morgan fingerprint density at radius 1 is 1.21 bits per heavy atom. The average Bonchev–Trinajstić information content (AvgIpc) is 3.05. The SMILES string of the molecule is CC(N)(CCc1ccc(C#CCCCc2cc(F)cc(F)c2)s1)COP(=O)(O)O. The van der Waals surface area contributed by atoms with Crippen LogP contribution in [0, 0.1) is 23.5 Å². The predicted molar refractivity (Wildman–Crippen MR) is 109 cm³/mol. The van der Waals surface area contributed by atoms with Crippen molar-refractivity contribution in [2.75, 3.05) is 6.61 Å². The molecule has 0 radical (unpaired) electrons. The van der Waals surface area contributed by atoms with Gasteiger partial charge in [-0.3, -0.25) is 4.52 Å². The molecule has 1 aromatic heterocycles. The van der Waals surface area contributed by atoms with Gasteiger partial charge in [0, 0.05) is 22.9 Å². The van der Waals surface area contributed by atoms with E-state index >= 15 is 0 Å². The summed E-state index contributed by atoms with van der Waals surface area (Å²) in [7, 11) is -4.53. The fourth-order valence-electron chi connectivity index (χ4n) is 2.58. The van der Waals surface area contributed by atoms with E-state index in [-0.39, 0.29) is 6.61 Å². The van der Waals surface area contributed by atoms with Gasteiger partial charge < -0.3 is 15.5 Å². The van der Waals surface area contributed by atoms with Crippen LogP contribution >= 0.6 is 19.2 Å². The second kappa shape index (κ2) is 10.4. The number of phosphoric ester groups is 1. The Morgan fingerprint density at radius 2 is 1.90 bits per heavy atom. The normalized spacial score (nSPS) is 13.6. The molecule has 0 aliphatic carbocycles. The van der Waals surface area contributed by atoms with Gasteiger partial charge >= 0.3 is 7.82 Å². The van der Waals surface area contributed by atoms with Crippen molar-refractivity contribution in [1.82, 2.24) is 0 Å². The van der Waals surface area contributed by atoms with Gasteiger partial charge in [0.15, 0.2) is 0 Å². The number of nitrogens with two attached hydrogens (primary N) is 1. The summed E-state index contributed by atoms with van der Waals surface area (Å²) >= 11 is 1.53. The van der Waals surface area contributed by atoms with E-state index in [1.54, 1.807) is 6.92 Å². The fourth-order valence-corrected chi connectivity index (χ4v) is 3.92. The van der Waals surface area contributed by atoms with Crippen molar-refractivity contribution in [3.8, 4) is 11.8 Å². The molecular weight excluding hydrogens is 419 g/mol. The summed E-state index contributed by atoms with van der Waals surface area (Å²) in [6.45, 7) is 1.45. The second-order valence-electron chi connectivity index (χ2n) is 7.12. The molecule has 0 spiro atoms. The molecule has 0 amide bonds. The topological polar surface area (TPSA) is 92.8 Å². The lowest BCUT2D eigenvalue weighted by molar-refractivity contribution is 0.154. The minimum Gasteiger partial charge on any atom is -0.323 e. The van der Waals surface area contributed by atoms with Crippen LogP contribution in [0.4, 0.5) is 8.78 Å². The van der Waals surface area contributed by atoms with Crippen molar-refractivity contribution < 1.29 is 27.7 Å². The van der Waals surface area contributed by atoms with E-state index in [1.807, 2.05) is 12.1 Å². The summed E-state index contributed by atoms with van der Waals surface area (Å²) in [5.41, 5.74) is 5.79. The van der Waals surface area contributed by atoms with Gasteiger partial charge in [0.2, 0.25) is 0 Å². The van der Waals surface area contributed by atoms with Crippen LogP contribution in [0.25, 0.3) is 0 Å².